The van der Waals surface area contributed by atoms with Gasteiger partial charge in [-0.15, -0.1) is 0 Å². The fourth-order valence-corrected chi connectivity index (χ4v) is 3.66. The molecule has 3 heterocycles. The maximum absolute atomic E-state index is 12.1. The van der Waals surface area contributed by atoms with Gasteiger partial charge in [-0.05, 0) is 66.1 Å². The normalized spacial score (nSPS) is 28.4. The minimum absolute atomic E-state index is 0.111. The monoisotopic (exact) mass is 337 g/mol. The van der Waals surface area contributed by atoms with Gasteiger partial charge >= 0.3 is 0 Å². The van der Waals surface area contributed by atoms with Crippen LogP contribution in [0.5, 0.6) is 0 Å². The zero-order chi connectivity index (χ0) is 14.1. The van der Waals surface area contributed by atoms with Gasteiger partial charge in [-0.2, -0.15) is 0 Å². The molecule has 108 valence electrons. The Morgan fingerprint density at radius 3 is 2.80 bits per heavy atom. The molecule has 2 unspecified atom stereocenters. The minimum atomic E-state index is 0.111. The summed E-state index contributed by atoms with van der Waals surface area (Å²) in [5.74, 6) is 0.637. The quantitative estimate of drug-likeness (QED) is 0.833. The molecule has 1 aromatic heterocycles. The van der Waals surface area contributed by atoms with Crippen molar-refractivity contribution >= 4 is 27.5 Å². The molecule has 0 aromatic carbocycles. The van der Waals surface area contributed by atoms with Gasteiger partial charge in [-0.1, -0.05) is 0 Å². The first-order valence-corrected chi connectivity index (χ1v) is 8.07. The molecule has 2 N–H and O–H groups in total. The number of hydrogen-bond donors (Lipinski definition) is 2. The molecule has 2 bridgehead atoms. The summed E-state index contributed by atoms with van der Waals surface area (Å²) in [6.45, 7) is 1.97. The first-order chi connectivity index (χ1) is 9.60. The second-order valence-electron chi connectivity index (χ2n) is 6.06. The highest BCUT2D eigenvalue weighted by atomic mass is 79.9. The van der Waals surface area contributed by atoms with Crippen LogP contribution in [-0.4, -0.2) is 23.0 Å². The van der Waals surface area contributed by atoms with Crippen molar-refractivity contribution in [2.45, 2.75) is 51.1 Å². The Labute approximate surface area is 127 Å². The highest BCUT2D eigenvalue weighted by Gasteiger charge is 2.34. The van der Waals surface area contributed by atoms with E-state index in [4.69, 9.17) is 0 Å². The van der Waals surface area contributed by atoms with E-state index in [-0.39, 0.29) is 5.91 Å². The fraction of sp³-hybridized carbons (Fsp3) is 0.600. The summed E-state index contributed by atoms with van der Waals surface area (Å²) in [5, 5.41) is 6.57. The largest absolute Gasteiger partial charge is 0.325 e. The van der Waals surface area contributed by atoms with Crippen molar-refractivity contribution in [1.82, 2.24) is 10.3 Å². The lowest BCUT2D eigenvalue weighted by Gasteiger charge is -2.28. The summed E-state index contributed by atoms with van der Waals surface area (Å²) in [6.07, 6.45) is 7.16. The van der Waals surface area contributed by atoms with Gasteiger partial charge in [0.15, 0.2) is 0 Å². The molecule has 5 heteroatoms. The van der Waals surface area contributed by atoms with Gasteiger partial charge in [-0.3, -0.25) is 4.79 Å². The van der Waals surface area contributed by atoms with Crippen molar-refractivity contribution in [3.63, 3.8) is 0 Å². The smallest absolute Gasteiger partial charge is 0.224 e. The SMILES string of the molecule is Cc1cc(NC(=O)CC2CC3CCC(C2)N3)cnc1Br. The fourth-order valence-electron chi connectivity index (χ4n) is 3.44. The van der Waals surface area contributed by atoms with E-state index in [1.165, 1.54) is 12.8 Å². The number of anilines is 1. The van der Waals surface area contributed by atoms with Gasteiger partial charge in [0.1, 0.15) is 4.60 Å². The number of hydrogen-bond acceptors (Lipinski definition) is 3. The summed E-state index contributed by atoms with van der Waals surface area (Å²) in [6, 6.07) is 3.23. The molecule has 0 saturated carbocycles. The third-order valence-corrected chi connectivity index (χ3v) is 5.17. The molecule has 0 aliphatic carbocycles. The summed E-state index contributed by atoms with van der Waals surface area (Å²) < 4.78 is 0.824. The van der Waals surface area contributed by atoms with Crippen LogP contribution in [-0.2, 0) is 4.79 Å². The standard InChI is InChI=1S/C15H20BrN3O/c1-9-4-13(8-17-15(9)16)19-14(20)7-10-5-11-2-3-12(6-10)18-11/h4,8,10-12,18H,2-3,5-7H2,1H3,(H,19,20). The average molecular weight is 338 g/mol. The summed E-state index contributed by atoms with van der Waals surface area (Å²) in [5.41, 5.74) is 1.82. The average Bonchev–Trinajstić information content (AvgIpc) is 2.73. The highest BCUT2D eigenvalue weighted by molar-refractivity contribution is 9.10. The predicted octanol–water partition coefficient (Wildman–Crippen LogP) is 3.01. The number of carbonyl (C=O) groups excluding carboxylic acids is 1. The van der Waals surface area contributed by atoms with Crippen LogP contribution in [0, 0.1) is 12.8 Å². The van der Waals surface area contributed by atoms with Crippen molar-refractivity contribution < 1.29 is 4.79 Å². The van der Waals surface area contributed by atoms with Gasteiger partial charge in [0.25, 0.3) is 0 Å². The number of aryl methyl sites for hydroxylation is 1. The number of carbonyl (C=O) groups is 1. The maximum atomic E-state index is 12.1. The number of rotatable bonds is 3. The van der Waals surface area contributed by atoms with Crippen LogP contribution in [0.25, 0.3) is 0 Å². The van der Waals surface area contributed by atoms with Gasteiger partial charge in [0, 0.05) is 18.5 Å². The Morgan fingerprint density at radius 1 is 1.45 bits per heavy atom. The number of pyridine rings is 1. The molecule has 20 heavy (non-hydrogen) atoms. The predicted molar refractivity (Wildman–Crippen MR) is 82.6 cm³/mol. The van der Waals surface area contributed by atoms with Gasteiger partial charge in [0.05, 0.1) is 11.9 Å². The first-order valence-electron chi connectivity index (χ1n) is 7.28. The van der Waals surface area contributed by atoms with Gasteiger partial charge < -0.3 is 10.6 Å². The Balaban J connectivity index is 1.55. The third-order valence-electron chi connectivity index (χ3n) is 4.34. The molecule has 4 nitrogen and oxygen atoms in total. The highest BCUT2D eigenvalue weighted by Crippen LogP contribution is 2.32. The topological polar surface area (TPSA) is 54.0 Å². The third kappa shape index (κ3) is 3.20. The molecule has 1 aromatic rings. The number of fused-ring (bicyclic) bond motifs is 2. The molecular formula is C15H20BrN3O. The zero-order valence-corrected chi connectivity index (χ0v) is 13.2. The number of halogens is 1. The molecule has 2 atom stereocenters. The van der Waals surface area contributed by atoms with Crippen LogP contribution in [0.15, 0.2) is 16.9 Å². The van der Waals surface area contributed by atoms with E-state index in [0.29, 0.717) is 24.4 Å². The van der Waals surface area contributed by atoms with Crippen LogP contribution in [0.1, 0.15) is 37.7 Å². The first kappa shape index (κ1) is 14.0. The number of nitrogens with one attached hydrogen (secondary N) is 2. The lowest BCUT2D eigenvalue weighted by atomic mass is 9.89. The second kappa shape index (κ2) is 5.82. The Morgan fingerprint density at radius 2 is 2.15 bits per heavy atom. The Kier molecular flexibility index (Phi) is 4.08. The lowest BCUT2D eigenvalue weighted by Crippen LogP contribution is -2.39. The van der Waals surface area contributed by atoms with Crippen LogP contribution in [0.2, 0.25) is 0 Å². The number of aromatic nitrogens is 1. The minimum Gasteiger partial charge on any atom is -0.325 e. The van der Waals surface area contributed by atoms with Crippen molar-refractivity contribution in [2.24, 2.45) is 5.92 Å². The van der Waals surface area contributed by atoms with Crippen molar-refractivity contribution in [2.75, 3.05) is 5.32 Å². The number of piperidine rings is 1. The van der Waals surface area contributed by atoms with Gasteiger partial charge in [-0.25, -0.2) is 4.98 Å². The molecule has 2 aliphatic heterocycles. The number of amides is 1. The number of nitrogens with zero attached hydrogens (tertiary/aromatic N) is 1. The molecule has 2 saturated heterocycles. The summed E-state index contributed by atoms with van der Waals surface area (Å²) >= 11 is 3.36. The van der Waals surface area contributed by atoms with Crippen LogP contribution < -0.4 is 10.6 Å². The maximum Gasteiger partial charge on any atom is 0.224 e. The Hall–Kier alpha value is -0.940. The van der Waals surface area contributed by atoms with Crippen LogP contribution in [0.3, 0.4) is 0 Å². The molecule has 1 amide bonds. The lowest BCUT2D eigenvalue weighted by molar-refractivity contribution is -0.117. The molecule has 0 spiro atoms. The molecular weight excluding hydrogens is 318 g/mol. The van der Waals surface area contributed by atoms with E-state index in [9.17, 15) is 4.79 Å². The molecule has 0 radical (unpaired) electrons. The van der Waals surface area contributed by atoms with E-state index >= 15 is 0 Å². The van der Waals surface area contributed by atoms with Crippen LogP contribution >= 0.6 is 15.9 Å². The summed E-state index contributed by atoms with van der Waals surface area (Å²) in [4.78, 5) is 16.3. The van der Waals surface area contributed by atoms with Crippen molar-refractivity contribution in [3.8, 4) is 0 Å². The summed E-state index contributed by atoms with van der Waals surface area (Å²) in [7, 11) is 0. The molecule has 2 aliphatic rings. The Bertz CT molecular complexity index is 508. The second-order valence-corrected chi connectivity index (χ2v) is 6.81. The van der Waals surface area contributed by atoms with E-state index in [0.717, 1.165) is 28.7 Å². The van der Waals surface area contributed by atoms with Crippen molar-refractivity contribution in [3.05, 3.63) is 22.4 Å². The van der Waals surface area contributed by atoms with E-state index in [1.54, 1.807) is 6.20 Å². The molecule has 2 fully saturated rings. The van der Waals surface area contributed by atoms with E-state index in [1.807, 2.05) is 13.0 Å². The van der Waals surface area contributed by atoms with E-state index < -0.39 is 0 Å². The van der Waals surface area contributed by atoms with E-state index in [2.05, 4.69) is 31.5 Å². The van der Waals surface area contributed by atoms with Crippen molar-refractivity contribution in [1.29, 1.82) is 0 Å². The zero-order valence-electron chi connectivity index (χ0n) is 11.7. The molecule has 3 rings (SSSR count). The van der Waals surface area contributed by atoms with Gasteiger partial charge in [0.2, 0.25) is 5.91 Å². The van der Waals surface area contributed by atoms with Crippen LogP contribution in [0.4, 0.5) is 5.69 Å².